The minimum Gasteiger partial charge on any atom is -0.272 e. The van der Waals surface area contributed by atoms with E-state index >= 15 is 0 Å². The number of hydrazone groups is 1. The minimum absolute atomic E-state index is 0.0319. The molecule has 1 unspecified atom stereocenters. The van der Waals surface area contributed by atoms with E-state index in [1.165, 1.54) is 11.8 Å². The molecule has 31 heavy (non-hydrogen) atoms. The number of carbonyl (C=O) groups is 1. The molecule has 4 aromatic heterocycles. The van der Waals surface area contributed by atoms with Gasteiger partial charge in [0.15, 0.2) is 5.16 Å². The molecule has 1 N–H and O–H groups in total. The van der Waals surface area contributed by atoms with Gasteiger partial charge < -0.3 is 0 Å². The minimum atomic E-state index is -0.0570. The first kappa shape index (κ1) is 18.8. The first-order valence-corrected chi connectivity index (χ1v) is 12.4. The molecule has 1 atom stereocenters. The van der Waals surface area contributed by atoms with Crippen LogP contribution in [-0.2, 0) is 4.79 Å². The lowest BCUT2D eigenvalue weighted by molar-refractivity contribution is -0.130. The van der Waals surface area contributed by atoms with Gasteiger partial charge >= 0.3 is 0 Å². The summed E-state index contributed by atoms with van der Waals surface area (Å²) in [7, 11) is 0. The van der Waals surface area contributed by atoms with Crippen LogP contribution in [0.2, 0.25) is 0 Å². The van der Waals surface area contributed by atoms with Gasteiger partial charge in [-0.2, -0.15) is 5.10 Å². The fourth-order valence-corrected chi connectivity index (χ4v) is 6.11. The van der Waals surface area contributed by atoms with Gasteiger partial charge in [-0.15, -0.1) is 27.8 Å². The molecule has 0 fully saturated rings. The van der Waals surface area contributed by atoms with Gasteiger partial charge in [0.2, 0.25) is 5.78 Å². The molecule has 0 saturated carbocycles. The molecule has 6 rings (SSSR count). The Bertz CT molecular complexity index is 1400. The zero-order valence-corrected chi connectivity index (χ0v) is 18.6. The van der Waals surface area contributed by atoms with Crippen molar-refractivity contribution in [1.29, 1.82) is 0 Å². The Morgan fingerprint density at radius 3 is 2.84 bits per heavy atom. The number of H-pyrrole nitrogens is 1. The van der Waals surface area contributed by atoms with Crippen molar-refractivity contribution in [2.45, 2.75) is 17.6 Å². The smallest absolute Gasteiger partial charge is 0.253 e. The van der Waals surface area contributed by atoms with E-state index in [9.17, 15) is 4.79 Å². The van der Waals surface area contributed by atoms with Gasteiger partial charge in [0.05, 0.1) is 33.4 Å². The van der Waals surface area contributed by atoms with E-state index in [0.717, 1.165) is 32.9 Å². The Labute approximate surface area is 189 Å². The molecule has 1 amide bonds. The first-order chi connectivity index (χ1) is 15.3. The maximum absolute atomic E-state index is 13.2. The van der Waals surface area contributed by atoms with Gasteiger partial charge in [0, 0.05) is 11.3 Å². The number of nitrogens with zero attached hydrogens (tertiary/aromatic N) is 5. The monoisotopic (exact) mass is 464 g/mol. The Kier molecular flexibility index (Phi) is 4.62. The molecule has 0 bridgehead atoms. The normalized spacial score (nSPS) is 16.5. The van der Waals surface area contributed by atoms with Gasteiger partial charge in [-0.05, 0) is 35.0 Å². The summed E-state index contributed by atoms with van der Waals surface area (Å²) in [5.74, 6) is 0.887. The molecule has 5 heterocycles. The highest BCUT2D eigenvalue weighted by Gasteiger charge is 2.34. The van der Waals surface area contributed by atoms with E-state index in [1.807, 2.05) is 51.6 Å². The maximum atomic E-state index is 13.2. The SMILES string of the molecule is O=C(CSc1n[nH]c2nc3ccccc3n12)N1N=C(c2cccs2)CC1c1cccs1. The fourth-order valence-electron chi connectivity index (χ4n) is 3.77. The van der Waals surface area contributed by atoms with E-state index in [-0.39, 0.29) is 17.7 Å². The van der Waals surface area contributed by atoms with Crippen molar-refractivity contribution >= 4 is 62.9 Å². The number of amides is 1. The Hall–Kier alpha value is -2.95. The van der Waals surface area contributed by atoms with E-state index in [4.69, 9.17) is 5.10 Å². The summed E-state index contributed by atoms with van der Waals surface area (Å²) in [5, 5.41) is 18.5. The zero-order chi connectivity index (χ0) is 20.8. The number of aromatic nitrogens is 4. The number of rotatable bonds is 5. The van der Waals surface area contributed by atoms with Crippen LogP contribution in [0.15, 0.2) is 69.5 Å². The van der Waals surface area contributed by atoms with Crippen LogP contribution in [0.3, 0.4) is 0 Å². The third-order valence-electron chi connectivity index (χ3n) is 5.17. The van der Waals surface area contributed by atoms with E-state index in [0.29, 0.717) is 10.9 Å². The second kappa shape index (κ2) is 7.63. The molecule has 1 aliphatic heterocycles. The largest absolute Gasteiger partial charge is 0.272 e. The molecule has 0 spiro atoms. The number of benzene rings is 1. The van der Waals surface area contributed by atoms with Crippen molar-refractivity contribution in [3.8, 4) is 0 Å². The Balaban J connectivity index is 1.27. The predicted octanol–water partition coefficient (Wildman–Crippen LogP) is 4.80. The van der Waals surface area contributed by atoms with E-state index in [2.05, 4.69) is 27.3 Å². The van der Waals surface area contributed by atoms with Crippen LogP contribution in [-0.4, -0.2) is 42.0 Å². The number of hydrogen-bond acceptors (Lipinski definition) is 7. The molecule has 10 heteroatoms. The molecule has 7 nitrogen and oxygen atoms in total. The number of hydrogen-bond donors (Lipinski definition) is 1. The van der Waals surface area contributed by atoms with Crippen LogP contribution in [0.5, 0.6) is 0 Å². The molecule has 0 aliphatic carbocycles. The number of imidazole rings is 1. The van der Waals surface area contributed by atoms with Crippen LogP contribution in [0.25, 0.3) is 16.8 Å². The molecule has 154 valence electrons. The number of carbonyl (C=O) groups excluding carboxylic acids is 1. The van der Waals surface area contributed by atoms with Gasteiger partial charge in [-0.3, -0.25) is 9.20 Å². The molecular formula is C21H16N6OS3. The third-order valence-corrected chi connectivity index (χ3v) is 7.99. The summed E-state index contributed by atoms with van der Waals surface area (Å²) in [6.07, 6.45) is 0.732. The fraction of sp³-hybridized carbons (Fsp3) is 0.143. The second-order valence-corrected chi connectivity index (χ2v) is 9.92. The number of para-hydroxylation sites is 2. The summed E-state index contributed by atoms with van der Waals surface area (Å²) >= 11 is 4.71. The van der Waals surface area contributed by atoms with Crippen molar-refractivity contribution < 1.29 is 4.79 Å². The lowest BCUT2D eigenvalue weighted by Gasteiger charge is -2.20. The van der Waals surface area contributed by atoms with Crippen molar-refractivity contribution in [3.05, 3.63) is 69.0 Å². The zero-order valence-electron chi connectivity index (χ0n) is 16.1. The van der Waals surface area contributed by atoms with Crippen molar-refractivity contribution in [2.75, 3.05) is 5.75 Å². The van der Waals surface area contributed by atoms with E-state index in [1.54, 1.807) is 27.7 Å². The van der Waals surface area contributed by atoms with Gasteiger partial charge in [-0.1, -0.05) is 36.0 Å². The van der Waals surface area contributed by atoms with Crippen LogP contribution >= 0.6 is 34.4 Å². The summed E-state index contributed by atoms with van der Waals surface area (Å²) < 4.78 is 1.95. The average molecular weight is 465 g/mol. The highest BCUT2D eigenvalue weighted by molar-refractivity contribution is 7.99. The predicted molar refractivity (Wildman–Crippen MR) is 125 cm³/mol. The lowest BCUT2D eigenvalue weighted by atomic mass is 10.1. The van der Waals surface area contributed by atoms with Crippen LogP contribution in [0, 0.1) is 0 Å². The summed E-state index contributed by atoms with van der Waals surface area (Å²) in [6.45, 7) is 0. The second-order valence-electron chi connectivity index (χ2n) is 7.05. The van der Waals surface area contributed by atoms with E-state index < -0.39 is 0 Å². The standard InChI is InChI=1S/C21H16N6OS3/c28-19(12-31-21-24-23-20-22-13-5-1-2-6-15(13)26(20)21)27-16(18-8-4-10-30-18)11-14(25-27)17-7-3-9-29-17/h1-10,16H,11-12H2,(H,22,23). The van der Waals surface area contributed by atoms with Crippen LogP contribution < -0.4 is 0 Å². The molecule has 0 saturated heterocycles. The molecule has 0 radical (unpaired) electrons. The molecule has 5 aromatic rings. The summed E-state index contributed by atoms with van der Waals surface area (Å²) in [6, 6.07) is 16.0. The lowest BCUT2D eigenvalue weighted by Crippen LogP contribution is -2.28. The average Bonchev–Trinajstić information content (AvgIpc) is 3.58. The Morgan fingerprint density at radius 1 is 1.13 bits per heavy atom. The summed E-state index contributed by atoms with van der Waals surface area (Å²) in [5.41, 5.74) is 2.83. The highest BCUT2D eigenvalue weighted by atomic mass is 32.2. The molecule has 1 aromatic carbocycles. The van der Waals surface area contributed by atoms with Gasteiger partial charge in [0.25, 0.3) is 5.91 Å². The Morgan fingerprint density at radius 2 is 2.00 bits per heavy atom. The van der Waals surface area contributed by atoms with Crippen molar-refractivity contribution in [2.24, 2.45) is 5.10 Å². The third kappa shape index (κ3) is 3.27. The molecule has 1 aliphatic rings. The topological polar surface area (TPSA) is 78.6 Å². The molecular weight excluding hydrogens is 448 g/mol. The number of nitrogens with one attached hydrogen (secondary N) is 1. The van der Waals surface area contributed by atoms with Crippen molar-refractivity contribution in [1.82, 2.24) is 24.6 Å². The van der Waals surface area contributed by atoms with Crippen LogP contribution in [0.4, 0.5) is 0 Å². The quantitative estimate of drug-likeness (QED) is 0.379. The first-order valence-electron chi connectivity index (χ1n) is 9.69. The number of thiophene rings is 2. The number of aromatic amines is 1. The van der Waals surface area contributed by atoms with Crippen LogP contribution in [0.1, 0.15) is 22.2 Å². The number of thioether (sulfide) groups is 1. The number of fused-ring (bicyclic) bond motifs is 3. The highest BCUT2D eigenvalue weighted by Crippen LogP contribution is 2.36. The van der Waals surface area contributed by atoms with Gasteiger partial charge in [0.1, 0.15) is 0 Å². The van der Waals surface area contributed by atoms with Gasteiger partial charge in [-0.25, -0.2) is 15.1 Å². The van der Waals surface area contributed by atoms with Crippen molar-refractivity contribution in [3.63, 3.8) is 0 Å². The summed E-state index contributed by atoms with van der Waals surface area (Å²) in [4.78, 5) is 20.0. The maximum Gasteiger partial charge on any atom is 0.253 e.